The number of unbranched alkanes of at least 4 members (excludes halogenated alkanes) is 1. The lowest BCUT2D eigenvalue weighted by molar-refractivity contribution is -0.117. The quantitative estimate of drug-likeness (QED) is 0.196. The van der Waals surface area contributed by atoms with E-state index in [1.165, 1.54) is 28.6 Å². The van der Waals surface area contributed by atoms with Gasteiger partial charge in [-0.3, -0.25) is 14.5 Å². The first-order chi connectivity index (χ1) is 18.0. The van der Waals surface area contributed by atoms with E-state index in [4.69, 9.17) is 13.9 Å². The summed E-state index contributed by atoms with van der Waals surface area (Å²) in [6.45, 7) is 5.12. The highest BCUT2D eigenvalue weighted by Gasteiger charge is 2.46. The minimum atomic E-state index is -0.901. The summed E-state index contributed by atoms with van der Waals surface area (Å²) in [5.41, 5.74) is 1.25. The van der Waals surface area contributed by atoms with E-state index in [-0.39, 0.29) is 11.3 Å². The van der Waals surface area contributed by atoms with Crippen LogP contribution in [-0.4, -0.2) is 35.0 Å². The maximum absolute atomic E-state index is 13.4. The Morgan fingerprint density at radius 2 is 1.89 bits per heavy atom. The third-order valence-electron chi connectivity index (χ3n) is 6.03. The summed E-state index contributed by atoms with van der Waals surface area (Å²) in [4.78, 5) is 32.8. The average molecular weight is 519 g/mol. The van der Waals surface area contributed by atoms with E-state index in [1.807, 2.05) is 25.1 Å². The van der Waals surface area contributed by atoms with Gasteiger partial charge in [0.1, 0.15) is 11.5 Å². The van der Waals surface area contributed by atoms with Crippen molar-refractivity contribution in [1.29, 1.82) is 0 Å². The van der Waals surface area contributed by atoms with Crippen LogP contribution in [0.3, 0.4) is 0 Å². The van der Waals surface area contributed by atoms with Crippen molar-refractivity contribution in [2.45, 2.75) is 32.7 Å². The van der Waals surface area contributed by atoms with Crippen molar-refractivity contribution in [3.63, 3.8) is 0 Å². The van der Waals surface area contributed by atoms with Gasteiger partial charge in [-0.15, -0.1) is 0 Å². The summed E-state index contributed by atoms with van der Waals surface area (Å²) in [5.74, 6) is -0.472. The summed E-state index contributed by atoms with van der Waals surface area (Å²) in [6, 6.07) is 14.9. The minimum absolute atomic E-state index is 0.0337. The standard InChI is InChI=1S/C28H26N2O6S/c1-3-5-14-35-18-10-8-17(9-11-18)24-23(25(31)21-7-6-15-36-21)26(32)27(33)30(24)28-29-20-13-12-19(34-4-2)16-22(20)37-28/h6-13,15-16,24,32H,3-5,14H2,1-2H3. The molecule has 1 unspecified atom stereocenters. The summed E-state index contributed by atoms with van der Waals surface area (Å²) in [5, 5.41) is 11.3. The smallest absolute Gasteiger partial charge is 0.296 e. The molecule has 3 heterocycles. The molecule has 0 aliphatic carbocycles. The molecule has 1 atom stereocenters. The molecule has 190 valence electrons. The molecule has 0 fully saturated rings. The number of benzene rings is 2. The lowest BCUT2D eigenvalue weighted by atomic mass is 9.95. The number of rotatable bonds is 10. The SMILES string of the molecule is CCCCOc1ccc(C2C(C(=O)c3ccco3)=C(O)C(=O)N2c2nc3ccc(OCC)cc3s2)cc1. The largest absolute Gasteiger partial charge is 0.503 e. The maximum atomic E-state index is 13.4. The first-order valence-electron chi connectivity index (χ1n) is 12.1. The van der Waals surface area contributed by atoms with Crippen LogP contribution >= 0.6 is 11.3 Å². The second-order valence-corrected chi connectivity index (χ2v) is 9.49. The van der Waals surface area contributed by atoms with Gasteiger partial charge >= 0.3 is 0 Å². The van der Waals surface area contributed by atoms with Gasteiger partial charge in [-0.05, 0) is 61.4 Å². The molecular formula is C28H26N2O6S. The van der Waals surface area contributed by atoms with Crippen molar-refractivity contribution >= 4 is 38.4 Å². The topological polar surface area (TPSA) is 102 Å². The Labute approximate surface area is 217 Å². The molecule has 1 aliphatic rings. The van der Waals surface area contributed by atoms with E-state index in [0.717, 1.165) is 17.5 Å². The highest BCUT2D eigenvalue weighted by molar-refractivity contribution is 7.22. The molecule has 1 amide bonds. The van der Waals surface area contributed by atoms with Gasteiger partial charge in [-0.1, -0.05) is 36.8 Å². The van der Waals surface area contributed by atoms with E-state index in [2.05, 4.69) is 11.9 Å². The Bertz CT molecular complexity index is 1460. The number of aliphatic hydroxyl groups excluding tert-OH is 1. The number of carbonyl (C=O) groups is 2. The van der Waals surface area contributed by atoms with Crippen molar-refractivity contribution in [2.75, 3.05) is 18.1 Å². The first-order valence-corrected chi connectivity index (χ1v) is 12.9. The third-order valence-corrected chi connectivity index (χ3v) is 7.04. The van der Waals surface area contributed by atoms with Crippen molar-refractivity contribution in [3.05, 3.63) is 83.5 Å². The molecular weight excluding hydrogens is 492 g/mol. The van der Waals surface area contributed by atoms with E-state index in [9.17, 15) is 14.7 Å². The number of furan rings is 1. The summed E-state index contributed by atoms with van der Waals surface area (Å²) >= 11 is 1.28. The number of anilines is 1. The number of Topliss-reactive ketones (excluding diaryl/α,β-unsaturated/α-hetero) is 1. The highest BCUT2D eigenvalue weighted by Crippen LogP contribution is 2.44. The first kappa shape index (κ1) is 24.6. The fraction of sp³-hybridized carbons (Fsp3) is 0.250. The molecule has 8 nitrogen and oxygen atoms in total. The normalized spacial score (nSPS) is 15.6. The van der Waals surface area contributed by atoms with Crippen LogP contribution in [0.2, 0.25) is 0 Å². The molecule has 0 spiro atoms. The minimum Gasteiger partial charge on any atom is -0.503 e. The number of nitrogens with zero attached hydrogens (tertiary/aromatic N) is 2. The van der Waals surface area contributed by atoms with Crippen molar-refractivity contribution in [3.8, 4) is 11.5 Å². The molecule has 0 bridgehead atoms. The molecule has 0 saturated heterocycles. The Balaban J connectivity index is 1.57. The van der Waals surface area contributed by atoms with Gasteiger partial charge in [0.2, 0.25) is 5.78 Å². The molecule has 0 radical (unpaired) electrons. The summed E-state index contributed by atoms with van der Waals surface area (Å²) in [7, 11) is 0. The monoisotopic (exact) mass is 518 g/mol. The molecule has 9 heteroatoms. The Morgan fingerprint density at radius 1 is 1.11 bits per heavy atom. The van der Waals surface area contributed by atoms with Crippen LogP contribution in [0, 0.1) is 0 Å². The molecule has 5 rings (SSSR count). The lowest BCUT2D eigenvalue weighted by Gasteiger charge is -2.24. The lowest BCUT2D eigenvalue weighted by Crippen LogP contribution is -2.30. The Kier molecular flexibility index (Phi) is 6.96. The van der Waals surface area contributed by atoms with Gasteiger partial charge in [0, 0.05) is 0 Å². The third kappa shape index (κ3) is 4.70. The van der Waals surface area contributed by atoms with E-state index >= 15 is 0 Å². The number of hydrogen-bond acceptors (Lipinski definition) is 8. The Morgan fingerprint density at radius 3 is 2.59 bits per heavy atom. The van der Waals surface area contributed by atoms with Crippen molar-refractivity contribution < 1.29 is 28.6 Å². The predicted molar refractivity (Wildman–Crippen MR) is 141 cm³/mol. The van der Waals surface area contributed by atoms with Gasteiger partial charge in [0.05, 0.1) is 41.3 Å². The van der Waals surface area contributed by atoms with Crippen LogP contribution in [0.25, 0.3) is 10.2 Å². The maximum Gasteiger partial charge on any atom is 0.296 e. The zero-order valence-corrected chi connectivity index (χ0v) is 21.3. The number of ketones is 1. The molecule has 0 saturated carbocycles. The van der Waals surface area contributed by atoms with Gasteiger partial charge in [0.25, 0.3) is 5.91 Å². The average Bonchev–Trinajstić information content (AvgIpc) is 3.63. The van der Waals surface area contributed by atoms with Crippen LogP contribution in [-0.2, 0) is 4.79 Å². The molecule has 4 aromatic rings. The van der Waals surface area contributed by atoms with Crippen LogP contribution in [0.1, 0.15) is 48.8 Å². The number of fused-ring (bicyclic) bond motifs is 1. The van der Waals surface area contributed by atoms with Gasteiger partial charge < -0.3 is 19.0 Å². The van der Waals surface area contributed by atoms with E-state index in [0.29, 0.717) is 40.9 Å². The van der Waals surface area contributed by atoms with Crippen LogP contribution in [0.5, 0.6) is 11.5 Å². The highest BCUT2D eigenvalue weighted by atomic mass is 32.1. The van der Waals surface area contributed by atoms with E-state index < -0.39 is 23.5 Å². The Hall–Kier alpha value is -4.11. The molecule has 1 aliphatic heterocycles. The van der Waals surface area contributed by atoms with Crippen molar-refractivity contribution in [2.24, 2.45) is 0 Å². The van der Waals surface area contributed by atoms with Gasteiger partial charge in [-0.25, -0.2) is 4.98 Å². The second kappa shape index (κ2) is 10.5. The fourth-order valence-electron chi connectivity index (χ4n) is 4.22. The number of thiazole rings is 1. The predicted octanol–water partition coefficient (Wildman–Crippen LogP) is 6.25. The zero-order chi connectivity index (χ0) is 25.9. The van der Waals surface area contributed by atoms with Crippen LogP contribution < -0.4 is 14.4 Å². The molecule has 2 aromatic heterocycles. The number of hydrogen-bond donors (Lipinski definition) is 1. The molecule has 37 heavy (non-hydrogen) atoms. The van der Waals surface area contributed by atoms with E-state index in [1.54, 1.807) is 30.3 Å². The zero-order valence-electron chi connectivity index (χ0n) is 20.5. The number of amides is 1. The van der Waals surface area contributed by atoms with Crippen LogP contribution in [0.15, 0.2) is 76.6 Å². The number of aliphatic hydroxyl groups is 1. The van der Waals surface area contributed by atoms with Crippen molar-refractivity contribution in [1.82, 2.24) is 4.98 Å². The number of carbonyl (C=O) groups excluding carboxylic acids is 2. The van der Waals surface area contributed by atoms with Crippen LogP contribution in [0.4, 0.5) is 5.13 Å². The molecule has 1 N–H and O–H groups in total. The number of ether oxygens (including phenoxy) is 2. The van der Waals surface area contributed by atoms with Gasteiger partial charge in [-0.2, -0.15) is 0 Å². The fourth-order valence-corrected chi connectivity index (χ4v) is 5.24. The number of aromatic nitrogens is 1. The second-order valence-electron chi connectivity index (χ2n) is 8.48. The molecule has 2 aromatic carbocycles. The summed E-state index contributed by atoms with van der Waals surface area (Å²) < 4.78 is 17.5. The van der Waals surface area contributed by atoms with Gasteiger partial charge in [0.15, 0.2) is 16.7 Å². The summed E-state index contributed by atoms with van der Waals surface area (Å²) in [6.07, 6.45) is 3.34.